The zero-order valence-corrected chi connectivity index (χ0v) is 22.6. The molecule has 0 aliphatic heterocycles. The van der Waals surface area contributed by atoms with Gasteiger partial charge in [0.15, 0.2) is 0 Å². The third kappa shape index (κ3) is 4.63. The van der Waals surface area contributed by atoms with E-state index in [1.807, 2.05) is 10.9 Å². The lowest BCUT2D eigenvalue weighted by Gasteiger charge is -2.61. The highest BCUT2D eigenvalue weighted by molar-refractivity contribution is 5.73. The summed E-state index contributed by atoms with van der Waals surface area (Å²) in [5.41, 5.74) is 7.22. The second kappa shape index (κ2) is 10.0. The summed E-state index contributed by atoms with van der Waals surface area (Å²) in [6.45, 7) is 8.52. The van der Waals surface area contributed by atoms with Gasteiger partial charge >= 0.3 is 5.97 Å². The van der Waals surface area contributed by atoms with Crippen LogP contribution < -0.4 is 5.73 Å². The van der Waals surface area contributed by atoms with Gasteiger partial charge in [-0.25, -0.2) is 0 Å². The Morgan fingerprint density at radius 2 is 1.89 bits per heavy atom. The van der Waals surface area contributed by atoms with E-state index in [2.05, 4.69) is 31.1 Å². The molecule has 1 aromatic rings. The third-order valence-electron chi connectivity index (χ3n) is 11.8. The minimum atomic E-state index is -1.00. The van der Waals surface area contributed by atoms with Gasteiger partial charge in [0, 0.05) is 19.2 Å². The normalized spacial score (nSPS) is 41.7. The van der Waals surface area contributed by atoms with Crippen LogP contribution in [0.25, 0.3) is 0 Å². The van der Waals surface area contributed by atoms with E-state index in [0.29, 0.717) is 22.4 Å². The maximum Gasteiger partial charge on any atom is 0.320 e. The average molecular weight is 501 g/mol. The standard InChI is InChI=1S/C29H48N4O3/c1-18(5-4-14-33-17-20(31-32-33)16-26(30)27(35)36)23-8-9-24-22-7-6-19-15-21(34)10-12-28(19,2)25(22)11-13-29(23,24)3/h17-19,21-26,34H,4-16,30H2,1-3H3,(H,35,36)/t18?,19-,21-,22?,23?,24+,25-,26?,28+,29-/m1/s1. The number of fused-ring (bicyclic) bond motifs is 5. The zero-order chi connectivity index (χ0) is 25.7. The van der Waals surface area contributed by atoms with Crippen LogP contribution in [0.4, 0.5) is 0 Å². The molecule has 1 heterocycles. The quantitative estimate of drug-likeness (QED) is 0.478. The molecule has 0 spiro atoms. The van der Waals surface area contributed by atoms with Crippen LogP contribution in [0.5, 0.6) is 0 Å². The van der Waals surface area contributed by atoms with Crippen molar-refractivity contribution in [2.24, 2.45) is 52.1 Å². The first-order chi connectivity index (χ1) is 17.1. The predicted molar refractivity (Wildman–Crippen MR) is 139 cm³/mol. The molecule has 0 saturated heterocycles. The first-order valence-corrected chi connectivity index (χ1v) is 14.7. The van der Waals surface area contributed by atoms with Crippen LogP contribution in [0.2, 0.25) is 0 Å². The molecule has 4 fully saturated rings. The molecule has 0 aromatic carbocycles. The third-order valence-corrected chi connectivity index (χ3v) is 11.8. The molecule has 36 heavy (non-hydrogen) atoms. The number of hydrogen-bond donors (Lipinski definition) is 3. The lowest BCUT2D eigenvalue weighted by Crippen LogP contribution is -2.54. The van der Waals surface area contributed by atoms with Gasteiger partial charge in [0.05, 0.1) is 11.8 Å². The van der Waals surface area contributed by atoms with Crippen molar-refractivity contribution in [3.05, 3.63) is 11.9 Å². The summed E-state index contributed by atoms with van der Waals surface area (Å²) in [5.74, 6) is 3.88. The molecule has 7 heteroatoms. The summed E-state index contributed by atoms with van der Waals surface area (Å²) in [6, 6.07) is -0.927. The van der Waals surface area contributed by atoms with E-state index in [-0.39, 0.29) is 12.5 Å². The van der Waals surface area contributed by atoms with E-state index in [0.717, 1.165) is 55.4 Å². The lowest BCUT2D eigenvalue weighted by molar-refractivity contribution is -0.138. The van der Waals surface area contributed by atoms with Crippen molar-refractivity contribution in [2.45, 2.75) is 117 Å². The fourth-order valence-corrected chi connectivity index (χ4v) is 9.84. The lowest BCUT2D eigenvalue weighted by atomic mass is 9.44. The summed E-state index contributed by atoms with van der Waals surface area (Å²) in [4.78, 5) is 11.0. The molecule has 0 amide bonds. The van der Waals surface area contributed by atoms with E-state index in [4.69, 9.17) is 10.8 Å². The summed E-state index contributed by atoms with van der Waals surface area (Å²) >= 11 is 0. The Balaban J connectivity index is 1.17. The Labute approximate surface area is 216 Å². The molecule has 4 aliphatic carbocycles. The highest BCUT2D eigenvalue weighted by Crippen LogP contribution is 2.68. The van der Waals surface area contributed by atoms with Crippen LogP contribution in [0.15, 0.2) is 6.20 Å². The Morgan fingerprint density at radius 1 is 1.14 bits per heavy atom. The predicted octanol–water partition coefficient (Wildman–Crippen LogP) is 4.67. The Morgan fingerprint density at radius 3 is 2.67 bits per heavy atom. The summed E-state index contributed by atoms with van der Waals surface area (Å²) in [5, 5.41) is 27.6. The number of aliphatic hydroxyl groups is 1. The molecule has 202 valence electrons. The molecule has 7 nitrogen and oxygen atoms in total. The van der Waals surface area contributed by atoms with Crippen LogP contribution in [0.1, 0.15) is 97.1 Å². The summed E-state index contributed by atoms with van der Waals surface area (Å²) in [7, 11) is 0. The molecular formula is C29H48N4O3. The fraction of sp³-hybridized carbons (Fsp3) is 0.897. The van der Waals surface area contributed by atoms with E-state index >= 15 is 0 Å². The first-order valence-electron chi connectivity index (χ1n) is 14.7. The van der Waals surface area contributed by atoms with Crippen molar-refractivity contribution < 1.29 is 15.0 Å². The van der Waals surface area contributed by atoms with Gasteiger partial charge in [-0.3, -0.25) is 9.48 Å². The van der Waals surface area contributed by atoms with Gasteiger partial charge in [-0.15, -0.1) is 5.10 Å². The zero-order valence-electron chi connectivity index (χ0n) is 22.6. The van der Waals surface area contributed by atoms with Crippen molar-refractivity contribution in [1.29, 1.82) is 0 Å². The highest BCUT2D eigenvalue weighted by atomic mass is 16.4. The van der Waals surface area contributed by atoms with Crippen LogP contribution >= 0.6 is 0 Å². The maximum absolute atomic E-state index is 11.0. The maximum atomic E-state index is 11.0. The smallest absolute Gasteiger partial charge is 0.320 e. The Bertz CT molecular complexity index is 935. The molecule has 4 N–H and O–H groups in total. The second-order valence-electron chi connectivity index (χ2n) is 13.6. The second-order valence-corrected chi connectivity index (χ2v) is 13.6. The molecule has 5 rings (SSSR count). The van der Waals surface area contributed by atoms with E-state index in [1.165, 1.54) is 51.4 Å². The van der Waals surface area contributed by atoms with Crippen LogP contribution in [-0.2, 0) is 17.8 Å². The van der Waals surface area contributed by atoms with E-state index in [9.17, 15) is 9.90 Å². The van der Waals surface area contributed by atoms with Crippen molar-refractivity contribution in [3.63, 3.8) is 0 Å². The molecule has 0 radical (unpaired) electrons. The molecule has 4 unspecified atom stereocenters. The number of aliphatic hydroxyl groups excluding tert-OH is 1. The van der Waals surface area contributed by atoms with Gasteiger partial charge < -0.3 is 15.9 Å². The van der Waals surface area contributed by atoms with E-state index in [1.54, 1.807) is 0 Å². The first kappa shape index (κ1) is 26.1. The topological polar surface area (TPSA) is 114 Å². The van der Waals surface area contributed by atoms with Crippen molar-refractivity contribution in [3.8, 4) is 0 Å². The highest BCUT2D eigenvalue weighted by Gasteiger charge is 2.60. The Hall–Kier alpha value is -1.47. The molecule has 4 saturated carbocycles. The van der Waals surface area contributed by atoms with Crippen LogP contribution in [-0.4, -0.2) is 43.3 Å². The number of nitrogens with zero attached hydrogens (tertiary/aromatic N) is 3. The fourth-order valence-electron chi connectivity index (χ4n) is 9.84. The molecule has 0 bridgehead atoms. The van der Waals surface area contributed by atoms with Gasteiger partial charge in [-0.1, -0.05) is 26.0 Å². The number of aliphatic carboxylic acids is 1. The molecule has 10 atom stereocenters. The van der Waals surface area contributed by atoms with Crippen molar-refractivity contribution >= 4 is 5.97 Å². The molecule has 4 aliphatic rings. The summed E-state index contributed by atoms with van der Waals surface area (Å²) in [6.07, 6.45) is 15.8. The molecular weight excluding hydrogens is 452 g/mol. The molecule has 1 aromatic heterocycles. The number of nitrogens with two attached hydrogens (primary N) is 1. The van der Waals surface area contributed by atoms with Gasteiger partial charge in [-0.05, 0) is 117 Å². The van der Waals surface area contributed by atoms with Gasteiger partial charge in [0.1, 0.15) is 6.04 Å². The van der Waals surface area contributed by atoms with E-state index < -0.39 is 12.0 Å². The van der Waals surface area contributed by atoms with Gasteiger partial charge in [0.25, 0.3) is 0 Å². The minimum absolute atomic E-state index is 0.0587. The van der Waals surface area contributed by atoms with Crippen molar-refractivity contribution in [1.82, 2.24) is 15.0 Å². The number of carboxylic acid groups (broad SMARTS) is 1. The number of carboxylic acids is 1. The summed E-state index contributed by atoms with van der Waals surface area (Å²) < 4.78 is 1.85. The van der Waals surface area contributed by atoms with Crippen LogP contribution in [0.3, 0.4) is 0 Å². The number of rotatable bonds is 8. The number of aryl methyl sites for hydroxylation is 1. The minimum Gasteiger partial charge on any atom is -0.480 e. The van der Waals surface area contributed by atoms with Crippen molar-refractivity contribution in [2.75, 3.05) is 0 Å². The number of carbonyl (C=O) groups is 1. The average Bonchev–Trinajstić information content (AvgIpc) is 3.42. The monoisotopic (exact) mass is 500 g/mol. The Kier molecular flexibility index (Phi) is 7.27. The number of hydrogen-bond acceptors (Lipinski definition) is 5. The van der Waals surface area contributed by atoms with Gasteiger partial charge in [0.2, 0.25) is 0 Å². The van der Waals surface area contributed by atoms with Gasteiger partial charge in [-0.2, -0.15) is 0 Å². The SMILES string of the molecule is CC(CCCn1cc(CC(N)C(=O)O)nn1)C1CC[C@H]2C3CC[C@@H]4C[C@H](O)CC[C@]4(C)[C@@H]3CC[C@]12C. The number of aromatic nitrogens is 3. The van der Waals surface area contributed by atoms with Crippen LogP contribution in [0, 0.1) is 46.3 Å². The largest absolute Gasteiger partial charge is 0.480 e.